The second-order valence-electron chi connectivity index (χ2n) is 5.80. The van der Waals surface area contributed by atoms with E-state index in [9.17, 15) is 26.1 Å². The van der Waals surface area contributed by atoms with Crippen LogP contribution in [0.25, 0.3) is 0 Å². The summed E-state index contributed by atoms with van der Waals surface area (Å²) < 4.78 is 67.1. The van der Waals surface area contributed by atoms with E-state index >= 15 is 0 Å². The number of hydrogen-bond donors (Lipinski definition) is 0. The van der Waals surface area contributed by atoms with Gasteiger partial charge in [0.1, 0.15) is 0 Å². The summed E-state index contributed by atoms with van der Waals surface area (Å²) in [6, 6.07) is 0. The lowest BCUT2D eigenvalue weighted by atomic mass is 10.0. The van der Waals surface area contributed by atoms with Gasteiger partial charge in [-0.3, -0.25) is 0 Å². The van der Waals surface area contributed by atoms with Gasteiger partial charge in [-0.05, 0) is 26.7 Å². The van der Waals surface area contributed by atoms with Crippen LogP contribution in [0.3, 0.4) is 0 Å². The fourth-order valence-corrected chi connectivity index (χ4v) is 2.28. The zero-order chi connectivity index (χ0) is 15.9. The monoisotopic (exact) mass is 317 g/mol. The second kappa shape index (κ2) is 8.22. The summed E-state index contributed by atoms with van der Waals surface area (Å²) in [4.78, 5) is 0. The Morgan fingerprint density at radius 2 is 1.15 bits per heavy atom. The van der Waals surface area contributed by atoms with Gasteiger partial charge >= 0.3 is 6.18 Å². The minimum absolute atomic E-state index is 0.172. The number of rotatable bonds is 10. The van der Waals surface area contributed by atoms with E-state index in [1.54, 1.807) is 0 Å². The zero-order valence-corrected chi connectivity index (χ0v) is 12.9. The molecule has 0 aromatic heterocycles. The van der Waals surface area contributed by atoms with Gasteiger partial charge in [0.15, 0.2) is 0 Å². The average Bonchev–Trinajstić information content (AvgIpc) is 2.23. The summed E-state index contributed by atoms with van der Waals surface area (Å²) in [5.74, 6) is 0. The van der Waals surface area contributed by atoms with Gasteiger partial charge < -0.3 is 4.55 Å². The van der Waals surface area contributed by atoms with Crippen LogP contribution in [0, 0.1) is 0 Å². The summed E-state index contributed by atoms with van der Waals surface area (Å²) in [7, 11) is -4.28. The van der Waals surface area contributed by atoms with Crippen molar-refractivity contribution < 1.29 is 26.1 Å². The number of alkyl halides is 3. The first-order valence-corrected chi connectivity index (χ1v) is 8.39. The van der Waals surface area contributed by atoms with Crippen molar-refractivity contribution >= 4 is 10.1 Å². The molecule has 0 aliphatic rings. The molecule has 0 atom stereocenters. The third-order valence-electron chi connectivity index (χ3n) is 3.42. The molecule has 20 heavy (non-hydrogen) atoms. The Hall–Kier alpha value is -0.300. The molecule has 122 valence electrons. The highest BCUT2D eigenvalue weighted by Gasteiger charge is 2.26. The maximum absolute atomic E-state index is 11.9. The van der Waals surface area contributed by atoms with Gasteiger partial charge in [-0.1, -0.05) is 38.5 Å². The third kappa shape index (κ3) is 9.58. The van der Waals surface area contributed by atoms with E-state index < -0.39 is 27.5 Å². The van der Waals surface area contributed by atoms with Gasteiger partial charge in [0.2, 0.25) is 0 Å². The van der Waals surface area contributed by atoms with Crippen molar-refractivity contribution in [1.29, 1.82) is 0 Å². The topological polar surface area (TPSA) is 57.2 Å². The highest BCUT2D eigenvalue weighted by atomic mass is 32.2. The Morgan fingerprint density at radius 1 is 0.800 bits per heavy atom. The molecule has 0 aliphatic carbocycles. The van der Waals surface area contributed by atoms with Crippen molar-refractivity contribution in [3.05, 3.63) is 0 Å². The first-order chi connectivity index (χ1) is 8.96. The first-order valence-electron chi connectivity index (χ1n) is 6.98. The maximum Gasteiger partial charge on any atom is 0.389 e. The van der Waals surface area contributed by atoms with Crippen LogP contribution in [0.1, 0.15) is 71.6 Å². The minimum atomic E-state index is -4.28. The number of hydrogen-bond acceptors (Lipinski definition) is 3. The molecule has 0 spiro atoms. The number of halogens is 3. The van der Waals surface area contributed by atoms with E-state index in [0.29, 0.717) is 19.3 Å². The van der Waals surface area contributed by atoms with Gasteiger partial charge in [-0.25, -0.2) is 8.42 Å². The highest BCUT2D eigenvalue weighted by Crippen LogP contribution is 2.24. The maximum atomic E-state index is 11.9. The standard InChI is InChI=1S/C13H25F3O3S/c1-12(2,20(17,18)19)10-8-6-4-3-5-7-9-11-13(14,15)16/h3-11H2,1-2H3,(H,17,18,19)/p-1. The summed E-state index contributed by atoms with van der Waals surface area (Å²) in [6.07, 6.45) is 0.216. The smallest absolute Gasteiger partial charge is 0.389 e. The van der Waals surface area contributed by atoms with E-state index in [1.807, 2.05) is 0 Å². The molecular formula is C13H24F3O3S-. The zero-order valence-electron chi connectivity index (χ0n) is 12.1. The molecule has 0 radical (unpaired) electrons. The molecule has 0 rings (SSSR count). The van der Waals surface area contributed by atoms with E-state index in [4.69, 9.17) is 0 Å². The van der Waals surface area contributed by atoms with Crippen LogP contribution in [0.4, 0.5) is 13.2 Å². The third-order valence-corrected chi connectivity index (χ3v) is 4.97. The van der Waals surface area contributed by atoms with Crippen LogP contribution < -0.4 is 0 Å². The predicted octanol–water partition coefficient (Wildman–Crippen LogP) is 4.38. The van der Waals surface area contributed by atoms with Crippen molar-refractivity contribution in [3.8, 4) is 0 Å². The van der Waals surface area contributed by atoms with Crippen molar-refractivity contribution in [2.45, 2.75) is 82.6 Å². The molecule has 3 nitrogen and oxygen atoms in total. The normalized spacial score (nSPS) is 13.7. The summed E-state index contributed by atoms with van der Waals surface area (Å²) in [6.45, 7) is 2.85. The summed E-state index contributed by atoms with van der Waals surface area (Å²) in [5.41, 5.74) is 0. The van der Waals surface area contributed by atoms with Gasteiger partial charge in [0, 0.05) is 6.42 Å². The molecule has 0 fully saturated rings. The van der Waals surface area contributed by atoms with Crippen LogP contribution in [0.15, 0.2) is 0 Å². The first kappa shape index (κ1) is 19.7. The SMILES string of the molecule is CC(C)(CCCCCCCCCC(F)(F)F)S(=O)(=O)[O-]. The largest absolute Gasteiger partial charge is 0.748 e. The molecule has 0 unspecified atom stereocenters. The molecule has 0 aliphatic heterocycles. The molecule has 0 heterocycles. The Labute approximate surface area is 119 Å². The Bertz CT molecular complexity index is 362. The fraction of sp³-hybridized carbons (Fsp3) is 1.00. The molecule has 0 saturated heterocycles. The van der Waals surface area contributed by atoms with E-state index in [2.05, 4.69) is 0 Å². The molecular weight excluding hydrogens is 293 g/mol. The molecule has 0 aromatic rings. The van der Waals surface area contributed by atoms with E-state index in [-0.39, 0.29) is 6.42 Å². The van der Waals surface area contributed by atoms with Gasteiger partial charge in [-0.15, -0.1) is 0 Å². The van der Waals surface area contributed by atoms with Gasteiger partial charge in [-0.2, -0.15) is 13.2 Å². The van der Waals surface area contributed by atoms with Crippen LogP contribution >= 0.6 is 0 Å². The van der Waals surface area contributed by atoms with E-state index in [0.717, 1.165) is 25.7 Å². The Balaban J connectivity index is 3.51. The van der Waals surface area contributed by atoms with E-state index in [1.165, 1.54) is 13.8 Å². The van der Waals surface area contributed by atoms with Gasteiger partial charge in [0.25, 0.3) is 0 Å². The quantitative estimate of drug-likeness (QED) is 0.444. The van der Waals surface area contributed by atoms with Crippen LogP contribution in [-0.2, 0) is 10.1 Å². The van der Waals surface area contributed by atoms with Crippen LogP contribution in [-0.4, -0.2) is 23.9 Å². The summed E-state index contributed by atoms with van der Waals surface area (Å²) in [5, 5.41) is 0. The number of unbranched alkanes of at least 4 members (excludes halogenated alkanes) is 6. The fourth-order valence-electron chi connectivity index (χ4n) is 1.89. The highest BCUT2D eigenvalue weighted by molar-refractivity contribution is 7.87. The Kier molecular flexibility index (Phi) is 8.09. The molecule has 0 saturated carbocycles. The molecule has 7 heteroatoms. The lowest BCUT2D eigenvalue weighted by Gasteiger charge is -2.27. The van der Waals surface area contributed by atoms with Crippen molar-refractivity contribution in [1.82, 2.24) is 0 Å². The second-order valence-corrected chi connectivity index (χ2v) is 7.82. The Morgan fingerprint density at radius 3 is 1.50 bits per heavy atom. The predicted molar refractivity (Wildman–Crippen MR) is 71.4 cm³/mol. The van der Waals surface area contributed by atoms with Crippen LogP contribution in [0.5, 0.6) is 0 Å². The average molecular weight is 317 g/mol. The van der Waals surface area contributed by atoms with Gasteiger partial charge in [0.05, 0.1) is 14.9 Å². The van der Waals surface area contributed by atoms with Crippen molar-refractivity contribution in [2.75, 3.05) is 0 Å². The lowest BCUT2D eigenvalue weighted by molar-refractivity contribution is -0.135. The lowest BCUT2D eigenvalue weighted by Crippen LogP contribution is -2.31. The minimum Gasteiger partial charge on any atom is -0.748 e. The molecule has 0 bridgehead atoms. The van der Waals surface area contributed by atoms with Crippen molar-refractivity contribution in [2.24, 2.45) is 0 Å². The van der Waals surface area contributed by atoms with Crippen LogP contribution in [0.2, 0.25) is 0 Å². The van der Waals surface area contributed by atoms with Crippen molar-refractivity contribution in [3.63, 3.8) is 0 Å². The molecule has 0 N–H and O–H groups in total. The molecule has 0 aromatic carbocycles. The summed E-state index contributed by atoms with van der Waals surface area (Å²) >= 11 is 0. The molecule has 0 amide bonds.